The molecule has 0 fully saturated rings. The molecule has 0 bridgehead atoms. The van der Waals surface area contributed by atoms with Gasteiger partial charge in [0.15, 0.2) is 0 Å². The Morgan fingerprint density at radius 1 is 1.50 bits per heavy atom. The highest BCUT2D eigenvalue weighted by Crippen LogP contribution is 2.25. The van der Waals surface area contributed by atoms with Gasteiger partial charge in [0.2, 0.25) is 15.8 Å². The lowest BCUT2D eigenvalue weighted by Crippen LogP contribution is -2.25. The van der Waals surface area contributed by atoms with Crippen molar-refractivity contribution in [3.8, 4) is 12.3 Å². The van der Waals surface area contributed by atoms with E-state index in [1.807, 2.05) is 0 Å². The molecule has 1 rings (SSSR count). The van der Waals surface area contributed by atoms with Crippen LogP contribution < -0.4 is 4.72 Å². The van der Waals surface area contributed by atoms with Gasteiger partial charge < -0.3 is 0 Å². The van der Waals surface area contributed by atoms with Crippen LogP contribution in [0.3, 0.4) is 0 Å². The number of benzene rings is 1. The maximum atomic E-state index is 13.3. The Kier molecular flexibility index (Phi) is 5.19. The van der Waals surface area contributed by atoms with Gasteiger partial charge in [-0.05, 0) is 25.0 Å². The van der Waals surface area contributed by atoms with Crippen LogP contribution in [0.15, 0.2) is 17.0 Å². The van der Waals surface area contributed by atoms with Gasteiger partial charge in [-0.3, -0.25) is 10.1 Å². The zero-order chi connectivity index (χ0) is 15.3. The van der Waals surface area contributed by atoms with E-state index in [9.17, 15) is 22.9 Å². The number of unbranched alkanes of at least 4 members (excludes halogenated alkanes) is 1. The van der Waals surface area contributed by atoms with Gasteiger partial charge in [0.1, 0.15) is 0 Å². The van der Waals surface area contributed by atoms with Crippen LogP contribution in [0.4, 0.5) is 10.1 Å². The van der Waals surface area contributed by atoms with E-state index in [-0.39, 0.29) is 17.0 Å². The molecule has 0 amide bonds. The molecule has 6 nitrogen and oxygen atoms in total. The van der Waals surface area contributed by atoms with Gasteiger partial charge in [0.25, 0.3) is 0 Å². The highest BCUT2D eigenvalue weighted by molar-refractivity contribution is 7.89. The molecule has 8 heteroatoms. The van der Waals surface area contributed by atoms with E-state index in [4.69, 9.17) is 6.42 Å². The molecular formula is C12H13FN2O4S. The summed E-state index contributed by atoms with van der Waals surface area (Å²) in [5, 5.41) is 10.6. The first-order valence-corrected chi connectivity index (χ1v) is 7.15. The Labute approximate surface area is 116 Å². The fraction of sp³-hybridized carbons (Fsp3) is 0.333. The Bertz CT molecular complexity index is 665. The molecule has 0 heterocycles. The van der Waals surface area contributed by atoms with Gasteiger partial charge in [-0.1, -0.05) is 0 Å². The first-order valence-electron chi connectivity index (χ1n) is 5.67. The summed E-state index contributed by atoms with van der Waals surface area (Å²) in [5.74, 6) is 1.29. The highest BCUT2D eigenvalue weighted by atomic mass is 32.2. The number of aryl methyl sites for hydroxylation is 1. The van der Waals surface area contributed by atoms with Gasteiger partial charge in [-0.2, -0.15) is 4.39 Å². The number of sulfonamides is 1. The average molecular weight is 300 g/mol. The van der Waals surface area contributed by atoms with E-state index in [0.717, 1.165) is 6.07 Å². The largest absolute Gasteiger partial charge is 0.306 e. The molecule has 0 aliphatic heterocycles. The van der Waals surface area contributed by atoms with Gasteiger partial charge in [-0.25, -0.2) is 13.1 Å². The predicted octanol–water partition coefficient (Wildman–Crippen LogP) is 1.73. The molecular weight excluding hydrogens is 287 g/mol. The molecule has 0 spiro atoms. The second-order valence-electron chi connectivity index (χ2n) is 4.03. The lowest BCUT2D eigenvalue weighted by Gasteiger charge is -2.09. The summed E-state index contributed by atoms with van der Waals surface area (Å²) in [4.78, 5) is 9.36. The Balaban J connectivity index is 3.09. The fourth-order valence-corrected chi connectivity index (χ4v) is 2.86. The lowest BCUT2D eigenvalue weighted by molar-refractivity contribution is -0.387. The van der Waals surface area contributed by atoms with Crippen LogP contribution in [0, 0.1) is 35.2 Å². The van der Waals surface area contributed by atoms with Gasteiger partial charge in [0.05, 0.1) is 9.82 Å². The lowest BCUT2D eigenvalue weighted by atomic mass is 10.2. The van der Waals surface area contributed by atoms with Crippen LogP contribution in [-0.2, 0) is 10.0 Å². The average Bonchev–Trinajstić information content (AvgIpc) is 2.33. The van der Waals surface area contributed by atoms with E-state index in [1.165, 1.54) is 6.92 Å². The summed E-state index contributed by atoms with van der Waals surface area (Å²) >= 11 is 0. The van der Waals surface area contributed by atoms with Crippen molar-refractivity contribution in [3.63, 3.8) is 0 Å². The van der Waals surface area contributed by atoms with Crippen LogP contribution >= 0.6 is 0 Å². The van der Waals surface area contributed by atoms with E-state index in [1.54, 1.807) is 0 Å². The molecule has 0 unspecified atom stereocenters. The normalized spacial score (nSPS) is 11.1. The van der Waals surface area contributed by atoms with Crippen molar-refractivity contribution < 1.29 is 17.7 Å². The van der Waals surface area contributed by atoms with Crippen LogP contribution in [-0.4, -0.2) is 19.9 Å². The van der Waals surface area contributed by atoms with E-state index in [2.05, 4.69) is 10.6 Å². The summed E-state index contributed by atoms with van der Waals surface area (Å²) in [5.41, 5.74) is -0.780. The summed E-state index contributed by atoms with van der Waals surface area (Å²) < 4.78 is 39.6. The molecule has 0 saturated carbocycles. The quantitative estimate of drug-likeness (QED) is 0.375. The van der Waals surface area contributed by atoms with Crippen LogP contribution in [0.2, 0.25) is 0 Å². The highest BCUT2D eigenvalue weighted by Gasteiger charge is 2.23. The number of nitrogens with one attached hydrogen (secondary N) is 1. The van der Waals surface area contributed by atoms with E-state index < -0.39 is 26.5 Å². The Morgan fingerprint density at radius 3 is 2.70 bits per heavy atom. The maximum Gasteiger partial charge on any atom is 0.306 e. The van der Waals surface area contributed by atoms with Crippen LogP contribution in [0.25, 0.3) is 0 Å². The monoisotopic (exact) mass is 300 g/mol. The van der Waals surface area contributed by atoms with Gasteiger partial charge >= 0.3 is 5.69 Å². The molecule has 0 atom stereocenters. The summed E-state index contributed by atoms with van der Waals surface area (Å²) in [6.07, 6.45) is 5.89. The number of halogens is 1. The number of hydrogen-bond donors (Lipinski definition) is 1. The summed E-state index contributed by atoms with van der Waals surface area (Å²) in [7, 11) is -3.93. The smallest absolute Gasteiger partial charge is 0.258 e. The van der Waals surface area contributed by atoms with Crippen molar-refractivity contribution in [2.45, 2.75) is 24.7 Å². The van der Waals surface area contributed by atoms with E-state index >= 15 is 0 Å². The third kappa shape index (κ3) is 3.76. The minimum Gasteiger partial charge on any atom is -0.258 e. The number of terminal acetylenes is 1. The van der Waals surface area contributed by atoms with Crippen molar-refractivity contribution in [2.75, 3.05) is 6.54 Å². The molecule has 0 aromatic heterocycles. The fourth-order valence-electron chi connectivity index (χ4n) is 1.55. The molecule has 1 N–H and O–H groups in total. The first-order chi connectivity index (χ1) is 9.29. The van der Waals surface area contributed by atoms with Crippen LogP contribution in [0.5, 0.6) is 0 Å². The Morgan fingerprint density at radius 2 is 2.15 bits per heavy atom. The number of hydrogen-bond acceptors (Lipinski definition) is 4. The zero-order valence-electron chi connectivity index (χ0n) is 10.7. The van der Waals surface area contributed by atoms with Gasteiger partial charge in [0, 0.05) is 19.0 Å². The van der Waals surface area contributed by atoms with Crippen LogP contribution in [0.1, 0.15) is 18.4 Å². The molecule has 1 aromatic rings. The molecule has 0 saturated heterocycles. The van der Waals surface area contributed by atoms with Gasteiger partial charge in [-0.15, -0.1) is 12.3 Å². The third-order valence-corrected chi connectivity index (χ3v) is 4.12. The number of nitrogens with zero attached hydrogens (tertiary/aromatic N) is 1. The molecule has 0 aliphatic rings. The van der Waals surface area contributed by atoms with Crippen molar-refractivity contribution in [1.82, 2.24) is 4.72 Å². The molecule has 20 heavy (non-hydrogen) atoms. The molecule has 1 aromatic carbocycles. The van der Waals surface area contributed by atoms with Crippen molar-refractivity contribution >= 4 is 15.7 Å². The molecule has 108 valence electrons. The zero-order valence-corrected chi connectivity index (χ0v) is 11.5. The second kappa shape index (κ2) is 6.45. The van der Waals surface area contributed by atoms with E-state index in [0.29, 0.717) is 18.9 Å². The second-order valence-corrected chi connectivity index (χ2v) is 5.77. The van der Waals surface area contributed by atoms with Crippen molar-refractivity contribution in [2.24, 2.45) is 0 Å². The Hall–Kier alpha value is -1.98. The minimum absolute atomic E-state index is 0.0950. The number of rotatable bonds is 6. The number of nitro benzene ring substituents is 1. The standard InChI is InChI=1S/C12H13FN2O4S/c1-3-4-5-6-14-20(18,19)12-8-11(15(16)17)10(13)7-9(12)2/h1,7-8,14H,4-6H2,2H3. The SMILES string of the molecule is C#CCCCNS(=O)(=O)c1cc([N+](=O)[O-])c(F)cc1C. The summed E-state index contributed by atoms with van der Waals surface area (Å²) in [6, 6.07) is 1.54. The molecule has 0 aliphatic carbocycles. The summed E-state index contributed by atoms with van der Waals surface area (Å²) in [6.45, 7) is 1.47. The minimum atomic E-state index is -3.93. The maximum absolute atomic E-state index is 13.3. The van der Waals surface area contributed by atoms with Crippen molar-refractivity contribution in [1.29, 1.82) is 0 Å². The topological polar surface area (TPSA) is 89.3 Å². The third-order valence-electron chi connectivity index (χ3n) is 2.52. The first kappa shape index (κ1) is 16.1. The molecule has 0 radical (unpaired) electrons. The number of nitro groups is 1. The predicted molar refractivity (Wildman–Crippen MR) is 71.0 cm³/mol. The van der Waals surface area contributed by atoms with Crippen molar-refractivity contribution in [3.05, 3.63) is 33.6 Å².